The van der Waals surface area contributed by atoms with Crippen molar-refractivity contribution in [3.05, 3.63) is 52.8 Å². The number of aromatic nitrogens is 2. The molecule has 5 nitrogen and oxygen atoms in total. The fourth-order valence-corrected chi connectivity index (χ4v) is 1.95. The molecule has 2 aromatic rings. The molecule has 0 unspecified atom stereocenters. The van der Waals surface area contributed by atoms with E-state index in [4.69, 9.17) is 5.11 Å². The minimum Gasteiger partial charge on any atom is -0.480 e. The lowest BCUT2D eigenvalue weighted by Crippen LogP contribution is -2.22. The monoisotopic (exact) mass is 322 g/mol. The molecule has 0 aliphatic rings. The Morgan fingerprint density at radius 3 is 2.53 bits per heavy atom. The highest BCUT2D eigenvalue weighted by Gasteiger charge is 2.23. The van der Waals surface area contributed by atoms with Crippen LogP contribution in [0.1, 0.15) is 22.8 Å². The van der Waals surface area contributed by atoms with Gasteiger partial charge in [-0.2, -0.15) is 5.10 Å². The van der Waals surface area contributed by atoms with E-state index >= 15 is 0 Å². The number of carbonyl (C=O) groups excluding carboxylic acids is 1. The van der Waals surface area contributed by atoms with Gasteiger partial charge in [0.2, 0.25) is 0 Å². The molecule has 1 heterocycles. The van der Waals surface area contributed by atoms with Crippen LogP contribution in [0.25, 0.3) is 0 Å². The second-order valence-corrected chi connectivity index (χ2v) is 4.89. The Morgan fingerprint density at radius 2 is 2.00 bits per heavy atom. The fraction of sp³-hybridized carbons (Fsp3) is 0.154. The van der Waals surface area contributed by atoms with Gasteiger partial charge < -0.3 is 5.11 Å². The quantitative estimate of drug-likeness (QED) is 0.858. The largest absolute Gasteiger partial charge is 0.480 e. The van der Waals surface area contributed by atoms with Crippen molar-refractivity contribution in [3.63, 3.8) is 0 Å². The highest BCUT2D eigenvalue weighted by atomic mass is 79.9. The number of hydrogen-bond donors (Lipinski definition) is 1. The summed E-state index contributed by atoms with van der Waals surface area (Å²) in [5, 5.41) is 13.0. The van der Waals surface area contributed by atoms with Gasteiger partial charge in [-0.05, 0) is 18.2 Å². The van der Waals surface area contributed by atoms with Crippen molar-refractivity contribution in [2.45, 2.75) is 12.5 Å². The maximum Gasteiger partial charge on any atom is 0.328 e. The minimum atomic E-state index is -1.07. The van der Waals surface area contributed by atoms with Crippen LogP contribution in [0.15, 0.2) is 47.2 Å². The first-order chi connectivity index (χ1) is 9.08. The Balaban J connectivity index is 2.16. The van der Waals surface area contributed by atoms with Crippen LogP contribution < -0.4 is 0 Å². The van der Waals surface area contributed by atoms with E-state index in [0.29, 0.717) is 5.56 Å². The van der Waals surface area contributed by atoms with E-state index in [1.807, 2.05) is 0 Å². The third-order valence-electron chi connectivity index (χ3n) is 2.67. The Labute approximate surface area is 118 Å². The second kappa shape index (κ2) is 5.79. The number of hydrogen-bond acceptors (Lipinski definition) is 3. The van der Waals surface area contributed by atoms with Gasteiger partial charge in [0, 0.05) is 28.9 Å². The first-order valence-corrected chi connectivity index (χ1v) is 6.38. The highest BCUT2D eigenvalue weighted by molar-refractivity contribution is 9.10. The lowest BCUT2D eigenvalue weighted by Gasteiger charge is -2.12. The van der Waals surface area contributed by atoms with Crippen molar-refractivity contribution >= 4 is 27.7 Å². The maximum absolute atomic E-state index is 12.0. The number of carbonyl (C=O) groups is 2. The summed E-state index contributed by atoms with van der Waals surface area (Å²) in [6.45, 7) is 0. The molecular weight excluding hydrogens is 312 g/mol. The van der Waals surface area contributed by atoms with E-state index in [9.17, 15) is 9.59 Å². The number of ketones is 1. The number of carboxylic acids is 1. The van der Waals surface area contributed by atoms with Gasteiger partial charge in [-0.25, -0.2) is 4.79 Å². The molecule has 1 atom stereocenters. The van der Waals surface area contributed by atoms with Crippen molar-refractivity contribution in [3.8, 4) is 0 Å². The molecule has 0 spiro atoms. The third-order valence-corrected chi connectivity index (χ3v) is 3.20. The predicted octanol–water partition coefficient (Wildman–Crippen LogP) is 2.54. The molecule has 0 aliphatic carbocycles. The van der Waals surface area contributed by atoms with Crippen molar-refractivity contribution in [2.75, 3.05) is 0 Å². The van der Waals surface area contributed by atoms with E-state index in [0.717, 1.165) is 4.47 Å². The Kier molecular flexibility index (Phi) is 4.11. The first-order valence-electron chi connectivity index (χ1n) is 5.58. The van der Waals surface area contributed by atoms with Crippen LogP contribution in [0.3, 0.4) is 0 Å². The Bertz CT molecular complexity index is 578. The molecule has 1 N–H and O–H groups in total. The fourth-order valence-electron chi connectivity index (χ4n) is 1.69. The van der Waals surface area contributed by atoms with Crippen LogP contribution in [0.2, 0.25) is 0 Å². The standard InChI is InChI=1S/C13H11BrN2O3/c14-10-4-2-9(3-5-10)12(17)8-11(13(18)19)16-7-1-6-15-16/h1-7,11H,8H2,(H,18,19)/t11-/m1/s1. The van der Waals surface area contributed by atoms with Crippen LogP contribution in [0.5, 0.6) is 0 Å². The van der Waals surface area contributed by atoms with Crippen LogP contribution in [-0.4, -0.2) is 26.6 Å². The summed E-state index contributed by atoms with van der Waals surface area (Å²) in [4.78, 5) is 23.2. The minimum absolute atomic E-state index is 0.126. The number of benzene rings is 1. The molecule has 1 aromatic heterocycles. The van der Waals surface area contributed by atoms with E-state index in [1.54, 1.807) is 30.3 Å². The zero-order chi connectivity index (χ0) is 13.8. The Hall–Kier alpha value is -1.95. The summed E-state index contributed by atoms with van der Waals surface area (Å²) >= 11 is 3.28. The summed E-state index contributed by atoms with van der Waals surface area (Å²) in [6, 6.07) is 7.46. The van der Waals surface area contributed by atoms with Gasteiger partial charge in [-0.1, -0.05) is 28.1 Å². The number of nitrogens with zero attached hydrogens (tertiary/aromatic N) is 2. The number of aliphatic carboxylic acids is 1. The summed E-state index contributed by atoms with van der Waals surface area (Å²) in [6.07, 6.45) is 2.90. The van der Waals surface area contributed by atoms with Gasteiger partial charge in [0.15, 0.2) is 11.8 Å². The SMILES string of the molecule is O=C(C[C@H](C(=O)O)n1cccn1)c1ccc(Br)cc1. The predicted molar refractivity (Wildman–Crippen MR) is 72.0 cm³/mol. The Morgan fingerprint density at radius 1 is 1.32 bits per heavy atom. The number of carboxylic acid groups (broad SMARTS) is 1. The molecular formula is C13H11BrN2O3. The molecule has 0 aliphatic heterocycles. The van der Waals surface area contributed by atoms with Gasteiger partial charge in [0.1, 0.15) is 0 Å². The van der Waals surface area contributed by atoms with Gasteiger partial charge in [0.25, 0.3) is 0 Å². The van der Waals surface area contributed by atoms with Crippen molar-refractivity contribution in [2.24, 2.45) is 0 Å². The molecule has 0 bridgehead atoms. The van der Waals surface area contributed by atoms with Gasteiger partial charge in [-0.15, -0.1) is 0 Å². The molecule has 0 saturated carbocycles. The van der Waals surface area contributed by atoms with Crippen molar-refractivity contribution in [1.82, 2.24) is 9.78 Å². The molecule has 0 radical (unpaired) electrons. The number of Topliss-reactive ketones (excluding diaryl/α,β-unsaturated/α-hetero) is 1. The number of rotatable bonds is 5. The molecule has 2 rings (SSSR count). The second-order valence-electron chi connectivity index (χ2n) is 3.97. The molecule has 6 heteroatoms. The van der Waals surface area contributed by atoms with E-state index in [-0.39, 0.29) is 12.2 Å². The molecule has 98 valence electrons. The van der Waals surface area contributed by atoms with Gasteiger partial charge >= 0.3 is 5.97 Å². The van der Waals surface area contributed by atoms with Crippen LogP contribution in [0, 0.1) is 0 Å². The van der Waals surface area contributed by atoms with Gasteiger partial charge in [0.05, 0.1) is 0 Å². The van der Waals surface area contributed by atoms with Crippen molar-refractivity contribution in [1.29, 1.82) is 0 Å². The molecule has 1 aromatic carbocycles. The summed E-state index contributed by atoms with van der Waals surface area (Å²) in [5.41, 5.74) is 0.488. The van der Waals surface area contributed by atoms with E-state index in [2.05, 4.69) is 21.0 Å². The van der Waals surface area contributed by atoms with Crippen LogP contribution >= 0.6 is 15.9 Å². The topological polar surface area (TPSA) is 72.2 Å². The zero-order valence-electron chi connectivity index (χ0n) is 9.86. The van der Waals surface area contributed by atoms with Crippen molar-refractivity contribution < 1.29 is 14.7 Å². The van der Waals surface area contributed by atoms with Crippen LogP contribution in [0.4, 0.5) is 0 Å². The van der Waals surface area contributed by atoms with E-state index in [1.165, 1.54) is 17.1 Å². The lowest BCUT2D eigenvalue weighted by molar-refractivity contribution is -0.141. The molecule has 0 amide bonds. The van der Waals surface area contributed by atoms with Crippen LogP contribution in [-0.2, 0) is 4.79 Å². The summed E-state index contributed by atoms with van der Waals surface area (Å²) in [7, 11) is 0. The number of halogens is 1. The third kappa shape index (κ3) is 3.29. The molecule has 0 fully saturated rings. The zero-order valence-corrected chi connectivity index (χ0v) is 11.4. The van der Waals surface area contributed by atoms with Gasteiger partial charge in [-0.3, -0.25) is 9.48 Å². The normalized spacial score (nSPS) is 12.1. The highest BCUT2D eigenvalue weighted by Crippen LogP contribution is 2.17. The summed E-state index contributed by atoms with van der Waals surface area (Å²) in [5.74, 6) is -1.30. The summed E-state index contributed by atoms with van der Waals surface area (Å²) < 4.78 is 2.14. The lowest BCUT2D eigenvalue weighted by atomic mass is 10.0. The first kappa shape index (κ1) is 13.5. The van der Waals surface area contributed by atoms with E-state index < -0.39 is 12.0 Å². The smallest absolute Gasteiger partial charge is 0.328 e. The molecule has 0 saturated heterocycles. The average Bonchev–Trinajstić information content (AvgIpc) is 2.89. The maximum atomic E-state index is 12.0. The molecule has 19 heavy (non-hydrogen) atoms. The average molecular weight is 323 g/mol.